The van der Waals surface area contributed by atoms with Crippen LogP contribution in [0, 0.1) is 12.8 Å². The Morgan fingerprint density at radius 1 is 1.14 bits per heavy atom. The maximum atomic E-state index is 12.7. The highest BCUT2D eigenvalue weighted by molar-refractivity contribution is 5.96. The van der Waals surface area contributed by atoms with Crippen molar-refractivity contribution in [2.75, 3.05) is 17.7 Å². The third-order valence-corrected chi connectivity index (χ3v) is 5.97. The number of nitrogens with one attached hydrogen (secondary N) is 3. The first-order valence-electron chi connectivity index (χ1n) is 11.6. The molecule has 1 fully saturated rings. The molecular formula is C26H28N6O3. The molecule has 3 N–H and O–H groups in total. The van der Waals surface area contributed by atoms with Gasteiger partial charge in [-0.3, -0.25) is 9.89 Å². The molecule has 0 bridgehead atoms. The Bertz CT molecular complexity index is 1370. The summed E-state index contributed by atoms with van der Waals surface area (Å²) in [4.78, 5) is 21.4. The van der Waals surface area contributed by atoms with Gasteiger partial charge in [-0.25, -0.2) is 9.97 Å². The van der Waals surface area contributed by atoms with Crippen LogP contribution >= 0.6 is 0 Å². The molecule has 9 nitrogen and oxygen atoms in total. The van der Waals surface area contributed by atoms with Gasteiger partial charge in [-0.1, -0.05) is 6.07 Å². The quantitative estimate of drug-likeness (QED) is 0.333. The van der Waals surface area contributed by atoms with Gasteiger partial charge in [0.2, 0.25) is 5.91 Å². The molecule has 2 heterocycles. The summed E-state index contributed by atoms with van der Waals surface area (Å²) in [6, 6.07) is 13.5. The van der Waals surface area contributed by atoms with Crippen molar-refractivity contribution in [3.8, 4) is 11.5 Å². The van der Waals surface area contributed by atoms with Crippen LogP contribution < -0.4 is 20.1 Å². The van der Waals surface area contributed by atoms with Crippen molar-refractivity contribution >= 4 is 34.1 Å². The number of benzene rings is 2. The number of aromatic amines is 1. The van der Waals surface area contributed by atoms with Gasteiger partial charge in [0.25, 0.3) is 0 Å². The fraction of sp³-hybridized carbons (Fsp3) is 0.308. The van der Waals surface area contributed by atoms with E-state index in [4.69, 9.17) is 9.47 Å². The van der Waals surface area contributed by atoms with Gasteiger partial charge in [0.05, 0.1) is 24.9 Å². The van der Waals surface area contributed by atoms with Crippen molar-refractivity contribution in [3.05, 3.63) is 60.0 Å². The van der Waals surface area contributed by atoms with E-state index in [9.17, 15) is 4.79 Å². The smallest absolute Gasteiger partial charge is 0.228 e. The van der Waals surface area contributed by atoms with Gasteiger partial charge in [0.1, 0.15) is 11.6 Å². The molecule has 1 amide bonds. The zero-order valence-electron chi connectivity index (χ0n) is 20.1. The predicted octanol–water partition coefficient (Wildman–Crippen LogP) is 4.94. The van der Waals surface area contributed by atoms with Crippen molar-refractivity contribution < 1.29 is 14.3 Å². The molecule has 2 aromatic carbocycles. The highest BCUT2D eigenvalue weighted by Gasteiger charge is 2.44. The third-order valence-electron chi connectivity index (χ3n) is 5.97. The van der Waals surface area contributed by atoms with E-state index in [1.54, 1.807) is 13.3 Å². The molecule has 1 saturated carbocycles. The zero-order valence-corrected chi connectivity index (χ0v) is 20.1. The maximum absolute atomic E-state index is 12.7. The summed E-state index contributed by atoms with van der Waals surface area (Å²) in [6.45, 7) is 5.74. The van der Waals surface area contributed by atoms with Gasteiger partial charge in [0, 0.05) is 17.0 Å². The lowest BCUT2D eigenvalue weighted by molar-refractivity contribution is -0.117. The summed E-state index contributed by atoms with van der Waals surface area (Å²) in [5.74, 6) is 3.36. The first-order valence-corrected chi connectivity index (χ1v) is 11.6. The summed E-state index contributed by atoms with van der Waals surface area (Å²) in [5, 5.41) is 14.7. The molecule has 35 heavy (non-hydrogen) atoms. The minimum atomic E-state index is -0.0465. The summed E-state index contributed by atoms with van der Waals surface area (Å²) in [5.41, 5.74) is 2.77. The monoisotopic (exact) mass is 472 g/mol. The SMILES string of the molecule is COc1ccc(NC(=O)C2C[C@H]2c2ccc3c(Nc4nc(C)ncc4OC(C)C)n[nH]c3c2)cc1. The molecule has 9 heteroatoms. The van der Waals surface area contributed by atoms with Gasteiger partial charge < -0.3 is 20.1 Å². The van der Waals surface area contributed by atoms with Crippen LogP contribution in [0.25, 0.3) is 10.9 Å². The topological polar surface area (TPSA) is 114 Å². The molecule has 4 aromatic rings. The number of anilines is 3. The van der Waals surface area contributed by atoms with Gasteiger partial charge in [-0.05, 0) is 75.1 Å². The number of aryl methyl sites for hydroxylation is 1. The van der Waals surface area contributed by atoms with Crippen LogP contribution in [-0.4, -0.2) is 39.3 Å². The van der Waals surface area contributed by atoms with Gasteiger partial charge in [-0.15, -0.1) is 0 Å². The Kier molecular flexibility index (Phi) is 5.98. The summed E-state index contributed by atoms with van der Waals surface area (Å²) >= 11 is 0. The molecule has 180 valence electrons. The molecule has 5 rings (SSSR count). The lowest BCUT2D eigenvalue weighted by atomic mass is 10.1. The number of fused-ring (bicyclic) bond motifs is 1. The van der Waals surface area contributed by atoms with Crippen LogP contribution in [0.3, 0.4) is 0 Å². The second-order valence-electron chi connectivity index (χ2n) is 8.97. The van der Waals surface area contributed by atoms with Crippen molar-refractivity contribution in [1.82, 2.24) is 20.2 Å². The fourth-order valence-electron chi connectivity index (χ4n) is 4.13. The van der Waals surface area contributed by atoms with E-state index in [2.05, 4.69) is 42.9 Å². The normalized spacial score (nSPS) is 16.8. The van der Waals surface area contributed by atoms with Crippen LogP contribution in [0.15, 0.2) is 48.7 Å². The highest BCUT2D eigenvalue weighted by Crippen LogP contribution is 2.48. The standard InChI is InChI=1S/C26H28N6O3/c1-14(2)35-23-13-27-15(3)28-25(23)30-24-19-10-5-16(11-22(19)31-32-24)20-12-21(20)26(33)29-17-6-8-18(34-4)9-7-17/h5-11,13-14,20-21H,12H2,1-4H3,(H,29,33)(H2,27,28,30,31,32)/t20-,21?/m0/s1. The van der Waals surface area contributed by atoms with Gasteiger partial charge in [-0.2, -0.15) is 5.10 Å². The molecule has 0 aliphatic heterocycles. The van der Waals surface area contributed by atoms with E-state index in [1.807, 2.05) is 51.1 Å². The summed E-state index contributed by atoms with van der Waals surface area (Å²) in [6.07, 6.45) is 2.48. The van der Waals surface area contributed by atoms with Crippen LogP contribution in [0.4, 0.5) is 17.3 Å². The summed E-state index contributed by atoms with van der Waals surface area (Å²) in [7, 11) is 1.62. The number of hydrogen-bond acceptors (Lipinski definition) is 7. The summed E-state index contributed by atoms with van der Waals surface area (Å²) < 4.78 is 11.0. The Morgan fingerprint density at radius 2 is 1.94 bits per heavy atom. The largest absolute Gasteiger partial charge is 0.497 e. The van der Waals surface area contributed by atoms with E-state index >= 15 is 0 Å². The number of carbonyl (C=O) groups excluding carboxylic acids is 1. The average Bonchev–Trinajstić information content (AvgIpc) is 3.56. The van der Waals surface area contributed by atoms with E-state index in [0.29, 0.717) is 23.2 Å². The maximum Gasteiger partial charge on any atom is 0.228 e. The van der Waals surface area contributed by atoms with Crippen molar-refractivity contribution in [3.63, 3.8) is 0 Å². The van der Waals surface area contributed by atoms with Crippen LogP contribution in [-0.2, 0) is 4.79 Å². The highest BCUT2D eigenvalue weighted by atomic mass is 16.5. The van der Waals surface area contributed by atoms with Gasteiger partial charge >= 0.3 is 0 Å². The van der Waals surface area contributed by atoms with Crippen LogP contribution in [0.1, 0.15) is 37.6 Å². The third kappa shape index (κ3) is 4.89. The molecular weight excluding hydrogens is 444 g/mol. The second-order valence-corrected chi connectivity index (χ2v) is 8.97. The number of rotatable bonds is 8. The average molecular weight is 473 g/mol. The number of nitrogens with zero attached hydrogens (tertiary/aromatic N) is 3. The Hall–Kier alpha value is -4.14. The Balaban J connectivity index is 1.29. The Labute approximate surface area is 203 Å². The van der Waals surface area contributed by atoms with Crippen LogP contribution in [0.2, 0.25) is 0 Å². The first-order chi connectivity index (χ1) is 16.9. The van der Waals surface area contributed by atoms with E-state index in [-0.39, 0.29) is 23.8 Å². The number of amides is 1. The van der Waals surface area contributed by atoms with E-state index < -0.39 is 0 Å². The Morgan fingerprint density at radius 3 is 2.69 bits per heavy atom. The minimum Gasteiger partial charge on any atom is -0.497 e. The van der Waals surface area contributed by atoms with Crippen molar-refractivity contribution in [1.29, 1.82) is 0 Å². The number of ether oxygens (including phenoxy) is 2. The van der Waals surface area contributed by atoms with Crippen molar-refractivity contribution in [2.24, 2.45) is 5.92 Å². The molecule has 2 atom stereocenters. The molecule has 1 aliphatic carbocycles. The molecule has 0 spiro atoms. The lowest BCUT2D eigenvalue weighted by Gasteiger charge is -2.13. The van der Waals surface area contributed by atoms with Crippen molar-refractivity contribution in [2.45, 2.75) is 39.2 Å². The lowest BCUT2D eigenvalue weighted by Crippen LogP contribution is -2.14. The molecule has 2 aromatic heterocycles. The fourth-order valence-corrected chi connectivity index (χ4v) is 4.13. The molecule has 1 unspecified atom stereocenters. The molecule has 1 aliphatic rings. The molecule has 0 saturated heterocycles. The number of carbonyl (C=O) groups is 1. The number of aromatic nitrogens is 4. The molecule has 0 radical (unpaired) electrons. The number of hydrogen-bond donors (Lipinski definition) is 3. The zero-order chi connectivity index (χ0) is 24.5. The second kappa shape index (κ2) is 9.25. The van der Waals surface area contributed by atoms with Crippen LogP contribution in [0.5, 0.6) is 11.5 Å². The minimum absolute atomic E-state index is 0.00579. The van der Waals surface area contributed by atoms with E-state index in [0.717, 1.165) is 34.3 Å². The number of methoxy groups -OCH3 is 1. The first kappa shape index (κ1) is 22.6. The number of H-pyrrole nitrogens is 1. The van der Waals surface area contributed by atoms with Gasteiger partial charge in [0.15, 0.2) is 17.4 Å². The van der Waals surface area contributed by atoms with E-state index in [1.165, 1.54) is 0 Å². The predicted molar refractivity (Wildman–Crippen MR) is 134 cm³/mol.